The fraction of sp³-hybridized carbons (Fsp3) is 0.500. The number of rotatable bonds is 7. The van der Waals surface area contributed by atoms with Crippen LogP contribution in [0.4, 0.5) is 11.8 Å². The highest BCUT2D eigenvalue weighted by atomic mass is 16.5. The lowest BCUT2D eigenvalue weighted by Crippen LogP contribution is -2.48. The first-order valence-electron chi connectivity index (χ1n) is 10.4. The lowest BCUT2D eigenvalue weighted by atomic mass is 10.0. The van der Waals surface area contributed by atoms with E-state index in [4.69, 9.17) is 4.74 Å². The summed E-state index contributed by atoms with van der Waals surface area (Å²) in [7, 11) is 0. The number of nitrogens with zero attached hydrogens (tertiary/aromatic N) is 3. The molecule has 5 N–H and O–H groups in total. The Morgan fingerprint density at radius 1 is 1.26 bits per heavy atom. The third kappa shape index (κ3) is 5.22. The van der Waals surface area contributed by atoms with Crippen LogP contribution in [0.25, 0.3) is 0 Å². The smallest absolute Gasteiger partial charge is 0.224 e. The van der Waals surface area contributed by atoms with Gasteiger partial charge in [-0.25, -0.2) is 9.97 Å². The average molecular weight is 428 g/mol. The summed E-state index contributed by atoms with van der Waals surface area (Å²) >= 11 is 0. The Hall–Kier alpha value is -2.93. The second kappa shape index (κ2) is 9.92. The van der Waals surface area contributed by atoms with Gasteiger partial charge in [0.15, 0.2) is 5.72 Å². The Labute approximate surface area is 181 Å². The average Bonchev–Trinajstić information content (AvgIpc) is 3.03. The van der Waals surface area contributed by atoms with Crippen LogP contribution in [0.2, 0.25) is 0 Å². The lowest BCUT2D eigenvalue weighted by molar-refractivity contribution is -0.0545. The predicted octanol–water partition coefficient (Wildman–Crippen LogP) is 1.27. The third-order valence-corrected chi connectivity index (χ3v) is 5.19. The lowest BCUT2D eigenvalue weighted by Gasteiger charge is -2.30. The van der Waals surface area contributed by atoms with Gasteiger partial charge >= 0.3 is 0 Å². The number of aliphatic hydroxyl groups excluding tert-OH is 2. The zero-order chi connectivity index (χ0) is 22.4. The maximum atomic E-state index is 11.0. The molecule has 0 aromatic carbocycles. The van der Waals surface area contributed by atoms with Gasteiger partial charge in [0.25, 0.3) is 0 Å². The van der Waals surface area contributed by atoms with Crippen LogP contribution in [0, 0.1) is 24.7 Å². The number of ether oxygens (including phenoxy) is 1. The number of aromatic nitrogens is 3. The zero-order valence-corrected chi connectivity index (χ0v) is 18.0. The molecule has 1 saturated carbocycles. The Kier molecular flexibility index (Phi) is 7.28. The van der Waals surface area contributed by atoms with Crippen molar-refractivity contribution in [1.82, 2.24) is 15.0 Å². The quantitative estimate of drug-likeness (QED) is 0.327. The van der Waals surface area contributed by atoms with Crippen LogP contribution in [0.15, 0.2) is 18.3 Å². The molecule has 166 valence electrons. The van der Waals surface area contributed by atoms with E-state index < -0.39 is 17.7 Å². The number of aryl methyl sites for hydroxylation is 1. The predicted molar refractivity (Wildman–Crippen MR) is 117 cm³/mol. The molecule has 1 aliphatic rings. The molecule has 0 spiro atoms. The summed E-state index contributed by atoms with van der Waals surface area (Å²) in [6.45, 7) is 6.59. The van der Waals surface area contributed by atoms with E-state index in [-0.39, 0.29) is 13.0 Å². The van der Waals surface area contributed by atoms with Crippen molar-refractivity contribution in [3.8, 4) is 17.7 Å². The molecule has 9 nitrogen and oxygen atoms in total. The molecule has 9 heteroatoms. The Balaban J connectivity index is 1.95. The normalized spacial score (nSPS) is 22.5. The maximum absolute atomic E-state index is 11.0. The second-order valence-corrected chi connectivity index (χ2v) is 7.43. The highest BCUT2D eigenvalue weighted by Gasteiger charge is 2.47. The molecular weight excluding hydrogens is 398 g/mol. The molecule has 31 heavy (non-hydrogen) atoms. The molecule has 1 aliphatic carbocycles. The molecule has 0 aliphatic heterocycles. The van der Waals surface area contributed by atoms with Gasteiger partial charge in [0.2, 0.25) is 11.8 Å². The van der Waals surface area contributed by atoms with Crippen LogP contribution >= 0.6 is 0 Å². The number of nitrogens with one attached hydrogen (secondary N) is 2. The molecule has 0 radical (unpaired) electrons. The molecule has 3 unspecified atom stereocenters. The molecular formula is C22H29N5O4. The molecule has 0 saturated heterocycles. The summed E-state index contributed by atoms with van der Waals surface area (Å²) in [6, 6.07) is 3.55. The van der Waals surface area contributed by atoms with Gasteiger partial charge < -0.3 is 30.7 Å². The van der Waals surface area contributed by atoms with Crippen LogP contribution in [0.3, 0.4) is 0 Å². The van der Waals surface area contributed by atoms with E-state index in [9.17, 15) is 15.3 Å². The first kappa shape index (κ1) is 22.7. The summed E-state index contributed by atoms with van der Waals surface area (Å²) in [5, 5.41) is 36.9. The summed E-state index contributed by atoms with van der Waals surface area (Å²) in [5.74, 6) is 6.93. The molecule has 0 bridgehead atoms. The minimum Gasteiger partial charge on any atom is -0.478 e. The van der Waals surface area contributed by atoms with Crippen LogP contribution in [0.5, 0.6) is 5.88 Å². The molecule has 3 rings (SSSR count). The first-order valence-corrected chi connectivity index (χ1v) is 10.4. The van der Waals surface area contributed by atoms with Crippen molar-refractivity contribution >= 4 is 11.8 Å². The Morgan fingerprint density at radius 2 is 2.06 bits per heavy atom. The van der Waals surface area contributed by atoms with Crippen molar-refractivity contribution in [2.75, 3.05) is 30.4 Å². The van der Waals surface area contributed by atoms with Crippen molar-refractivity contribution in [1.29, 1.82) is 0 Å². The highest BCUT2D eigenvalue weighted by Crippen LogP contribution is 2.36. The summed E-state index contributed by atoms with van der Waals surface area (Å²) in [4.78, 5) is 13.1. The van der Waals surface area contributed by atoms with Crippen LogP contribution in [-0.4, -0.2) is 61.9 Å². The first-order chi connectivity index (χ1) is 14.9. The van der Waals surface area contributed by atoms with Crippen LogP contribution < -0.4 is 15.4 Å². The van der Waals surface area contributed by atoms with Crippen LogP contribution in [0.1, 0.15) is 43.5 Å². The van der Waals surface area contributed by atoms with E-state index in [2.05, 4.69) is 37.4 Å². The van der Waals surface area contributed by atoms with Gasteiger partial charge in [-0.15, -0.1) is 0 Å². The second-order valence-electron chi connectivity index (χ2n) is 7.43. The largest absolute Gasteiger partial charge is 0.478 e. The monoisotopic (exact) mass is 427 g/mol. The molecule has 2 aromatic rings. The van der Waals surface area contributed by atoms with E-state index in [1.165, 1.54) is 0 Å². The van der Waals surface area contributed by atoms with Gasteiger partial charge in [0.05, 0.1) is 17.9 Å². The molecule has 0 amide bonds. The number of anilines is 2. The maximum Gasteiger partial charge on any atom is 0.224 e. The summed E-state index contributed by atoms with van der Waals surface area (Å²) in [6.07, 6.45) is 1.25. The number of hydrogen-bond donors (Lipinski definition) is 5. The number of pyridine rings is 1. The Morgan fingerprint density at radius 3 is 2.68 bits per heavy atom. The molecule has 2 aromatic heterocycles. The van der Waals surface area contributed by atoms with Gasteiger partial charge in [-0.05, 0) is 39.7 Å². The van der Waals surface area contributed by atoms with E-state index in [1.807, 2.05) is 13.8 Å². The topological polar surface area (TPSA) is 133 Å². The summed E-state index contributed by atoms with van der Waals surface area (Å²) in [5.41, 5.74) is 0.192. The van der Waals surface area contributed by atoms with E-state index in [0.717, 1.165) is 0 Å². The number of hydrogen-bond acceptors (Lipinski definition) is 9. The van der Waals surface area contributed by atoms with Gasteiger partial charge in [-0.3, -0.25) is 0 Å². The van der Waals surface area contributed by atoms with Gasteiger partial charge in [-0.2, -0.15) is 4.98 Å². The van der Waals surface area contributed by atoms with E-state index in [0.29, 0.717) is 54.0 Å². The van der Waals surface area contributed by atoms with Crippen molar-refractivity contribution in [2.24, 2.45) is 5.92 Å². The minimum absolute atomic E-state index is 0.200. The van der Waals surface area contributed by atoms with Gasteiger partial charge in [0, 0.05) is 36.9 Å². The Bertz CT molecular complexity index is 957. The van der Waals surface area contributed by atoms with Gasteiger partial charge in [-0.1, -0.05) is 11.8 Å². The van der Waals surface area contributed by atoms with Crippen molar-refractivity contribution in [3.63, 3.8) is 0 Å². The van der Waals surface area contributed by atoms with Crippen molar-refractivity contribution in [3.05, 3.63) is 35.2 Å². The fourth-order valence-corrected chi connectivity index (χ4v) is 3.51. The minimum atomic E-state index is -1.62. The van der Waals surface area contributed by atoms with Crippen LogP contribution in [-0.2, 0) is 0 Å². The van der Waals surface area contributed by atoms with Crippen molar-refractivity contribution < 1.29 is 20.1 Å². The summed E-state index contributed by atoms with van der Waals surface area (Å²) < 4.78 is 5.35. The SMILES string of the molecule is CCNc1nc(C)c(C#Cc2ccc(OCC)nc2)c(NC2(O)CCC(CO)C2O)n1. The molecule has 2 heterocycles. The number of aliphatic hydroxyl groups is 3. The zero-order valence-electron chi connectivity index (χ0n) is 18.0. The third-order valence-electron chi connectivity index (χ3n) is 5.19. The fourth-order valence-electron chi connectivity index (χ4n) is 3.51. The van der Waals surface area contributed by atoms with Gasteiger partial charge in [0.1, 0.15) is 11.9 Å². The highest BCUT2D eigenvalue weighted by molar-refractivity contribution is 5.61. The van der Waals surface area contributed by atoms with E-state index >= 15 is 0 Å². The molecule has 3 atom stereocenters. The van der Waals surface area contributed by atoms with E-state index in [1.54, 1.807) is 25.3 Å². The molecule has 1 fully saturated rings. The van der Waals surface area contributed by atoms with Crippen molar-refractivity contribution in [2.45, 2.75) is 45.4 Å². The standard InChI is InChI=1S/C22H29N5O4/c1-4-23-21-25-14(3)17(8-6-15-7-9-18(24-12-15)31-5-2)20(26-21)27-22(30)11-10-16(13-28)19(22)29/h7,9,12,16,19,28-30H,4-5,10-11,13H2,1-3H3,(H2,23,25,26,27).